The largest absolute Gasteiger partial charge is 0.497 e. The number of ether oxygens (including phenoxy) is 2. The van der Waals surface area contributed by atoms with Gasteiger partial charge >= 0.3 is 12.1 Å². The summed E-state index contributed by atoms with van der Waals surface area (Å²) in [6.07, 6.45) is 3.65. The van der Waals surface area contributed by atoms with Crippen LogP contribution in [0.3, 0.4) is 0 Å². The molecule has 0 saturated carbocycles. The maximum atomic E-state index is 13.3. The molecule has 0 aliphatic carbocycles. The lowest BCUT2D eigenvalue weighted by atomic mass is 10.1. The second-order valence-corrected chi connectivity index (χ2v) is 11.1. The first-order valence-electron chi connectivity index (χ1n) is 15.4. The molecule has 0 bridgehead atoms. The minimum absolute atomic E-state index is 0.0521. The molecule has 1 aliphatic heterocycles. The van der Waals surface area contributed by atoms with Crippen molar-refractivity contribution in [3.63, 3.8) is 0 Å². The first-order chi connectivity index (χ1) is 21.1. The zero-order valence-electron chi connectivity index (χ0n) is 25.5. The van der Waals surface area contributed by atoms with Crippen molar-refractivity contribution in [1.82, 2.24) is 9.63 Å². The Morgan fingerprint density at radius 3 is 2.32 bits per heavy atom. The van der Waals surface area contributed by atoms with E-state index in [9.17, 15) is 18.0 Å². The molecule has 0 radical (unpaired) electrons. The highest BCUT2D eigenvalue weighted by atomic mass is 19.4. The highest BCUT2D eigenvalue weighted by Gasteiger charge is 2.53. The molecule has 238 valence electrons. The fourth-order valence-corrected chi connectivity index (χ4v) is 5.27. The molecule has 0 fully saturated rings. The Bertz CT molecular complexity index is 1430. The van der Waals surface area contributed by atoms with Gasteiger partial charge in [0.2, 0.25) is 5.69 Å². The van der Waals surface area contributed by atoms with E-state index in [0.717, 1.165) is 64.6 Å². The van der Waals surface area contributed by atoms with E-state index in [-0.39, 0.29) is 23.0 Å². The van der Waals surface area contributed by atoms with Crippen molar-refractivity contribution in [2.24, 2.45) is 4.99 Å². The number of hydroxylamine groups is 2. The molecular formula is C33H42F3N4O4+. The molecule has 0 amide bonds. The number of hydrogen-bond acceptors (Lipinski definition) is 7. The Morgan fingerprint density at radius 1 is 0.909 bits per heavy atom. The van der Waals surface area contributed by atoms with Crippen molar-refractivity contribution in [2.75, 3.05) is 32.6 Å². The van der Waals surface area contributed by atoms with Gasteiger partial charge in [0.15, 0.2) is 11.5 Å². The Labute approximate surface area is 256 Å². The van der Waals surface area contributed by atoms with Crippen molar-refractivity contribution in [3.8, 4) is 5.75 Å². The molecule has 44 heavy (non-hydrogen) atoms. The molecule has 2 N–H and O–H groups in total. The minimum atomic E-state index is -5.17. The number of fused-ring (bicyclic) bond motifs is 3. The summed E-state index contributed by atoms with van der Waals surface area (Å²) >= 11 is 0. The smallest absolute Gasteiger partial charge is 0.494 e. The van der Waals surface area contributed by atoms with Crippen LogP contribution >= 0.6 is 0 Å². The number of alkyl halides is 3. The van der Waals surface area contributed by atoms with Gasteiger partial charge in [-0.15, -0.1) is 0 Å². The molecular weight excluding hydrogens is 573 g/mol. The van der Waals surface area contributed by atoms with Gasteiger partial charge in [-0.05, 0) is 68.7 Å². The van der Waals surface area contributed by atoms with Gasteiger partial charge in [0.05, 0.1) is 17.5 Å². The number of rotatable bonds is 17. The van der Waals surface area contributed by atoms with Gasteiger partial charge in [0.1, 0.15) is 12.8 Å². The molecule has 1 aliphatic rings. The van der Waals surface area contributed by atoms with Crippen molar-refractivity contribution in [3.05, 3.63) is 54.1 Å². The van der Waals surface area contributed by atoms with Crippen molar-refractivity contribution in [2.45, 2.75) is 77.3 Å². The Balaban J connectivity index is 1.29. The summed E-state index contributed by atoms with van der Waals surface area (Å²) in [5.74, 6) is -1.47. The molecule has 0 saturated heterocycles. The first kappa shape index (κ1) is 33.2. The fourth-order valence-electron chi connectivity index (χ4n) is 5.27. The van der Waals surface area contributed by atoms with Crippen molar-refractivity contribution in [1.29, 1.82) is 0 Å². The molecule has 4 rings (SSSR count). The third-order valence-corrected chi connectivity index (χ3v) is 7.64. The number of nitrogens with zero attached hydrogens (tertiary/aromatic N) is 3. The van der Waals surface area contributed by atoms with E-state index < -0.39 is 16.8 Å². The van der Waals surface area contributed by atoms with Crippen LogP contribution in [0.25, 0.3) is 10.9 Å². The Kier molecular flexibility index (Phi) is 11.6. The number of anilines is 1. The number of nitrogen functional groups attached to an aromatic ring is 1. The predicted molar refractivity (Wildman–Crippen MR) is 167 cm³/mol. The standard InChI is InChI=1S/C33H42F3N4O4/c1-3-4-17-28-39-29-30(40(28,2)44-32(41)33(34,35)36)26-23-25(18-19-27(26)38-31(29)37)43-22-12-6-5-11-20-42-21-13-10-16-24-14-8-7-9-15-24/h7-9,14-15,18-19,23H,3-6,10-13,16-17,20-22H2,1-2H3,(H2,37,38)/q+1. The average Bonchev–Trinajstić information content (AvgIpc) is 3.29. The summed E-state index contributed by atoms with van der Waals surface area (Å²) in [6, 6.07) is 15.6. The second kappa shape index (κ2) is 15.3. The fraction of sp³-hybridized carbons (Fsp3) is 0.485. The van der Waals surface area contributed by atoms with E-state index in [1.54, 1.807) is 18.2 Å². The topological polar surface area (TPSA) is 96.0 Å². The SMILES string of the molecule is CCCCC1=Nc2c(N)nc3ccc(OCCCCCCOCCCCc4ccccc4)cc3c2[N+]1(C)OC(=O)C(F)(F)F. The lowest BCUT2D eigenvalue weighted by molar-refractivity contribution is -0.220. The zero-order valence-corrected chi connectivity index (χ0v) is 25.5. The van der Waals surface area contributed by atoms with E-state index >= 15 is 0 Å². The third kappa shape index (κ3) is 8.47. The van der Waals surface area contributed by atoms with Crippen LogP contribution in [-0.2, 0) is 20.8 Å². The van der Waals surface area contributed by atoms with Crippen LogP contribution in [0.4, 0.5) is 30.4 Å². The molecule has 2 aromatic carbocycles. The van der Waals surface area contributed by atoms with Gasteiger partial charge < -0.3 is 15.2 Å². The summed E-state index contributed by atoms with van der Waals surface area (Å²) in [6.45, 7) is 3.95. The van der Waals surface area contributed by atoms with Crippen LogP contribution in [0.15, 0.2) is 53.5 Å². The number of halogens is 3. The highest BCUT2D eigenvalue weighted by molar-refractivity contribution is 6.12. The normalized spacial score (nSPS) is 16.2. The summed E-state index contributed by atoms with van der Waals surface area (Å²) in [7, 11) is 1.38. The third-order valence-electron chi connectivity index (χ3n) is 7.64. The van der Waals surface area contributed by atoms with Crippen LogP contribution in [0.1, 0.15) is 70.3 Å². The van der Waals surface area contributed by atoms with E-state index in [2.05, 4.69) is 34.2 Å². The molecule has 1 aromatic heterocycles. The van der Waals surface area contributed by atoms with Crippen molar-refractivity contribution < 1.29 is 32.3 Å². The van der Waals surface area contributed by atoms with Gasteiger partial charge in [0, 0.05) is 19.6 Å². The number of nitrogens with two attached hydrogens (primary N) is 1. The van der Waals surface area contributed by atoms with Gasteiger partial charge in [-0.3, -0.25) is 4.84 Å². The number of hydrogen-bond donors (Lipinski definition) is 1. The predicted octanol–water partition coefficient (Wildman–Crippen LogP) is 7.99. The number of carbonyl (C=O) groups excluding carboxylic acids is 1. The van der Waals surface area contributed by atoms with Gasteiger partial charge in [-0.1, -0.05) is 54.7 Å². The number of aryl methyl sites for hydroxylation is 1. The van der Waals surface area contributed by atoms with E-state index in [1.165, 1.54) is 12.6 Å². The van der Waals surface area contributed by atoms with Gasteiger partial charge in [-0.2, -0.15) is 18.2 Å². The van der Waals surface area contributed by atoms with Crippen LogP contribution in [0.2, 0.25) is 0 Å². The van der Waals surface area contributed by atoms with E-state index in [0.29, 0.717) is 36.1 Å². The zero-order chi connectivity index (χ0) is 31.6. The molecule has 2 heterocycles. The maximum Gasteiger partial charge on any atom is 0.497 e. The Hall–Kier alpha value is -3.70. The Morgan fingerprint density at radius 2 is 1.61 bits per heavy atom. The van der Waals surface area contributed by atoms with E-state index in [1.807, 2.05) is 13.0 Å². The summed E-state index contributed by atoms with van der Waals surface area (Å²) in [5.41, 5.74) is 8.41. The molecule has 0 spiro atoms. The summed E-state index contributed by atoms with van der Waals surface area (Å²) < 4.78 is 50.7. The average molecular weight is 616 g/mol. The number of aromatic nitrogens is 1. The number of aliphatic imine (C=N–C) groups is 1. The summed E-state index contributed by atoms with van der Waals surface area (Å²) in [5, 5.41) is 0.459. The number of unbranched alkanes of at least 4 members (excludes halogenated alkanes) is 5. The maximum absolute atomic E-state index is 13.3. The lowest BCUT2D eigenvalue weighted by Crippen LogP contribution is -2.52. The quantitative estimate of drug-likeness (QED) is 0.122. The van der Waals surface area contributed by atoms with Crippen LogP contribution in [-0.4, -0.2) is 49.8 Å². The second-order valence-electron chi connectivity index (χ2n) is 11.1. The number of pyridine rings is 1. The minimum Gasteiger partial charge on any atom is -0.494 e. The van der Waals surface area contributed by atoms with Gasteiger partial charge in [0.25, 0.3) is 5.84 Å². The van der Waals surface area contributed by atoms with Crippen LogP contribution in [0.5, 0.6) is 5.75 Å². The van der Waals surface area contributed by atoms with Crippen LogP contribution < -0.4 is 15.1 Å². The lowest BCUT2D eigenvalue weighted by Gasteiger charge is -2.28. The number of carbonyl (C=O) groups is 1. The number of quaternary nitrogens is 1. The molecule has 8 nitrogen and oxygen atoms in total. The first-order valence-corrected chi connectivity index (χ1v) is 15.4. The van der Waals surface area contributed by atoms with Gasteiger partial charge in [-0.25, -0.2) is 9.78 Å². The molecule has 3 aromatic rings. The van der Waals surface area contributed by atoms with E-state index in [4.69, 9.17) is 20.0 Å². The molecule has 11 heteroatoms. The number of amidine groups is 1. The van der Waals surface area contributed by atoms with Crippen LogP contribution in [0, 0.1) is 0 Å². The molecule has 1 unspecified atom stereocenters. The monoisotopic (exact) mass is 615 g/mol. The number of benzene rings is 2. The highest BCUT2D eigenvalue weighted by Crippen LogP contribution is 2.49. The van der Waals surface area contributed by atoms with Crippen molar-refractivity contribution >= 4 is 39.9 Å². The molecule has 1 atom stereocenters. The summed E-state index contributed by atoms with van der Waals surface area (Å²) in [4.78, 5) is 26.0.